The molecule has 26 heteroatoms. The molecule has 0 spiro atoms. The first-order chi connectivity index (χ1) is 50.8. The minimum Gasteiger partial charge on any atom is -0.379 e. The van der Waals surface area contributed by atoms with Crippen LogP contribution < -0.4 is 16.8 Å². The second kappa shape index (κ2) is 58.4. The minimum atomic E-state index is -0.349. The number of nitrogens with two attached hydrogens (primary N) is 2. The quantitative estimate of drug-likeness (QED) is 0.0377. The molecule has 0 atom stereocenters. The summed E-state index contributed by atoms with van der Waals surface area (Å²) < 4.78 is 45.5. The molecule has 26 nitrogen and oxygen atoms in total. The van der Waals surface area contributed by atoms with E-state index >= 15 is 0 Å². The van der Waals surface area contributed by atoms with Gasteiger partial charge in [0, 0.05) is 132 Å². The third-order valence-corrected chi connectivity index (χ3v) is 17.9. The van der Waals surface area contributed by atoms with Crippen molar-refractivity contribution in [1.29, 1.82) is 0 Å². The Labute approximate surface area is 656 Å². The van der Waals surface area contributed by atoms with Crippen LogP contribution in [0.1, 0.15) is 234 Å². The van der Waals surface area contributed by atoms with Gasteiger partial charge in [-0.15, -0.1) is 0 Å². The molecule has 0 saturated carbocycles. The highest BCUT2D eigenvalue weighted by atomic mass is 16.5. The van der Waals surface area contributed by atoms with Gasteiger partial charge in [0.15, 0.2) is 0 Å². The Kier molecular flexibility index (Phi) is 55.9. The third-order valence-electron chi connectivity index (χ3n) is 17.9. The molecule has 0 aromatic heterocycles. The predicted molar refractivity (Wildman–Crippen MR) is 436 cm³/mol. The fourth-order valence-corrected chi connectivity index (χ4v) is 13.2. The molecule has 0 aliphatic carbocycles. The van der Waals surface area contributed by atoms with Crippen molar-refractivity contribution in [3.05, 3.63) is 38.0 Å². The van der Waals surface area contributed by atoms with Crippen LogP contribution in [0.5, 0.6) is 0 Å². The van der Waals surface area contributed by atoms with Crippen molar-refractivity contribution in [2.45, 2.75) is 267 Å². The van der Waals surface area contributed by atoms with Crippen molar-refractivity contribution in [1.82, 2.24) is 49.4 Å². The predicted octanol–water partition coefficient (Wildman–Crippen LogP) is 10.2. The number of unbranched alkanes of at least 4 members (excludes halogenated alkanes) is 6. The Bertz CT molecular complexity index is 2110. The van der Waals surface area contributed by atoms with E-state index in [1.807, 2.05) is 0 Å². The van der Waals surface area contributed by atoms with Crippen LogP contribution >= 0.6 is 0 Å². The van der Waals surface area contributed by atoms with E-state index in [-0.39, 0.29) is 115 Å². The van der Waals surface area contributed by atoms with Crippen LogP contribution in [0.3, 0.4) is 0 Å². The van der Waals surface area contributed by atoms with E-state index in [1.165, 1.54) is 14.7 Å². The van der Waals surface area contributed by atoms with Crippen molar-refractivity contribution in [2.75, 3.05) is 192 Å². The summed E-state index contributed by atoms with van der Waals surface area (Å²) in [6.07, 6.45) is 17.2. The summed E-state index contributed by atoms with van der Waals surface area (Å²) in [5, 5.41) is 3.37. The average Bonchev–Trinajstić information content (AvgIpc) is 0.885. The van der Waals surface area contributed by atoms with Gasteiger partial charge in [-0.05, 0) is 227 Å². The summed E-state index contributed by atoms with van der Waals surface area (Å²) in [5.74, 6) is -1.17. The van der Waals surface area contributed by atoms with E-state index in [2.05, 4.69) is 164 Å². The summed E-state index contributed by atoms with van der Waals surface area (Å²) in [6, 6.07) is 0. The van der Waals surface area contributed by atoms with Gasteiger partial charge in [0.25, 0.3) is 0 Å². The molecule has 2 heterocycles. The molecule has 0 aromatic carbocycles. The second-order valence-corrected chi connectivity index (χ2v) is 33.8. The Morgan fingerprint density at radius 1 is 0.296 bits per heavy atom. The Morgan fingerprint density at radius 2 is 0.519 bits per heavy atom. The Hall–Kier alpha value is -4.52. The van der Waals surface area contributed by atoms with E-state index in [0.29, 0.717) is 112 Å². The van der Waals surface area contributed by atoms with Crippen LogP contribution in [0.4, 0.5) is 0 Å². The standard InChI is InChI=1S/C62H125N7O9.C12H15N3O3.C8H20N2O2/c1-57(2,3)67(58(4,5)6)36-28-42-76-48-45-73-39-25-21-19-23-31-54(70)64-51-65(55(71)32-24-20-22-26-40-74-46-49-77-43-29-37-68(59(7,8)9)60(10,11)12)53-66(52-64)56(72)33-35-63-34-27-41-75-47-50-78-44-30-38-69(61(13,14)15)62(16,17)18;1-4-10(16)13-7-14(11(17)5-2)9-15(8-13)12(18)6-3;9-3-1-5-11-7-8-12-6-2-4-10/h63H,19-53H2,1-18H3;4-6H,1-3,7-9H2;1-10H2. The van der Waals surface area contributed by atoms with Gasteiger partial charge < -0.3 is 84.1 Å². The molecule has 2 rings (SSSR count). The van der Waals surface area contributed by atoms with Crippen molar-refractivity contribution in [3.8, 4) is 0 Å². The smallest absolute Gasteiger partial charge is 0.248 e. The maximum absolute atomic E-state index is 13.6. The maximum atomic E-state index is 13.6. The van der Waals surface area contributed by atoms with Gasteiger partial charge in [-0.2, -0.15) is 0 Å². The minimum absolute atomic E-state index is 0.0267. The molecule has 2 fully saturated rings. The van der Waals surface area contributed by atoms with E-state index in [0.717, 1.165) is 161 Å². The van der Waals surface area contributed by atoms with Gasteiger partial charge in [-0.1, -0.05) is 45.4 Å². The zero-order chi connectivity index (χ0) is 81.7. The molecule has 6 amide bonds. The summed E-state index contributed by atoms with van der Waals surface area (Å²) in [6.45, 7) is 67.8. The SMILES string of the molecule is C=CC(=O)N1CN(C(=O)C=C)CN(C(=O)C=C)C1.CC(C)(C)N(CCCOCCOCCCCCCC(=O)N1CN(C(=O)CCCCCCOCCOCCCN(C(C)(C)C)C(C)(C)C)CN(C(=O)CCNCCCOCCOCCCN(C(C)(C)C)C(C)(C)C)C1)C(C)(C)C.NCCCOCCOCCCN. The lowest BCUT2D eigenvalue weighted by Gasteiger charge is -2.45. The zero-order valence-electron chi connectivity index (χ0n) is 71.8. The van der Waals surface area contributed by atoms with Crippen LogP contribution in [-0.2, 0) is 66.7 Å². The Balaban J connectivity index is 0.00000312. The molecule has 2 aliphatic heterocycles. The highest BCUT2D eigenvalue weighted by molar-refractivity contribution is 5.92. The third kappa shape index (κ3) is 50.5. The average molecular weight is 1540 g/mol. The highest BCUT2D eigenvalue weighted by Gasteiger charge is 2.35. The van der Waals surface area contributed by atoms with Crippen molar-refractivity contribution in [2.24, 2.45) is 11.5 Å². The van der Waals surface area contributed by atoms with Crippen molar-refractivity contribution < 1.29 is 66.7 Å². The molecule has 5 N–H and O–H groups in total. The number of hydrogen-bond acceptors (Lipinski definition) is 20. The highest BCUT2D eigenvalue weighted by Crippen LogP contribution is 2.28. The first-order valence-corrected chi connectivity index (χ1v) is 40.4. The number of nitrogens with zero attached hydrogens (tertiary/aromatic N) is 9. The van der Waals surface area contributed by atoms with Gasteiger partial charge in [-0.3, -0.25) is 43.5 Å². The van der Waals surface area contributed by atoms with Crippen LogP contribution in [0.2, 0.25) is 0 Å². The fourth-order valence-electron chi connectivity index (χ4n) is 13.2. The molecular weight excluding hydrogens is 1380 g/mol. The van der Waals surface area contributed by atoms with Crippen molar-refractivity contribution in [3.63, 3.8) is 0 Å². The lowest BCUT2D eigenvalue weighted by atomic mass is 9.96. The molecule has 0 bridgehead atoms. The summed E-state index contributed by atoms with van der Waals surface area (Å²) in [4.78, 5) is 92.1. The Morgan fingerprint density at radius 3 is 0.769 bits per heavy atom. The number of nitrogens with one attached hydrogen (secondary N) is 1. The van der Waals surface area contributed by atoms with Crippen LogP contribution in [0.15, 0.2) is 38.0 Å². The van der Waals surface area contributed by atoms with Gasteiger partial charge >= 0.3 is 0 Å². The van der Waals surface area contributed by atoms with Crippen LogP contribution in [0.25, 0.3) is 0 Å². The summed E-state index contributed by atoms with van der Waals surface area (Å²) >= 11 is 0. The van der Waals surface area contributed by atoms with E-state index in [9.17, 15) is 28.8 Å². The fraction of sp³-hybridized carbons (Fsp3) is 0.854. The summed E-state index contributed by atoms with van der Waals surface area (Å²) in [5.41, 5.74) is 11.2. The summed E-state index contributed by atoms with van der Waals surface area (Å²) in [7, 11) is 0. The van der Waals surface area contributed by atoms with Crippen molar-refractivity contribution >= 4 is 35.4 Å². The first-order valence-electron chi connectivity index (χ1n) is 40.4. The van der Waals surface area contributed by atoms with Crippen LogP contribution in [-0.4, -0.2) is 304 Å². The van der Waals surface area contributed by atoms with E-state index < -0.39 is 0 Å². The van der Waals surface area contributed by atoms with Gasteiger partial charge in [0.1, 0.15) is 0 Å². The number of amides is 6. The second-order valence-electron chi connectivity index (χ2n) is 33.8. The number of carbonyl (C=O) groups excluding carboxylic acids is 6. The monoisotopic (exact) mass is 1540 g/mol. The maximum Gasteiger partial charge on any atom is 0.248 e. The number of carbonyl (C=O) groups is 6. The largest absolute Gasteiger partial charge is 0.379 e. The zero-order valence-corrected chi connectivity index (χ0v) is 71.8. The molecule has 2 saturated heterocycles. The lowest BCUT2D eigenvalue weighted by molar-refractivity contribution is -0.159. The van der Waals surface area contributed by atoms with E-state index in [4.69, 9.17) is 49.4 Å². The first kappa shape index (κ1) is 103. The van der Waals surface area contributed by atoms with Gasteiger partial charge in [0.05, 0.1) is 92.9 Å². The molecule has 2 aliphatic rings. The number of ether oxygens (including phenoxy) is 8. The lowest BCUT2D eigenvalue weighted by Crippen LogP contribution is -2.59. The molecular formula is C82H160N12O14. The normalized spacial score (nSPS) is 14.1. The van der Waals surface area contributed by atoms with E-state index in [1.54, 1.807) is 14.7 Å². The molecule has 0 radical (unpaired) electrons. The molecule has 632 valence electrons. The number of rotatable bonds is 54. The van der Waals surface area contributed by atoms with Gasteiger partial charge in [0.2, 0.25) is 35.4 Å². The van der Waals surface area contributed by atoms with Crippen LogP contribution in [0, 0.1) is 0 Å². The molecule has 0 aromatic rings. The number of hydrogen-bond donors (Lipinski definition) is 3. The van der Waals surface area contributed by atoms with Gasteiger partial charge in [-0.25, -0.2) is 0 Å². The molecule has 108 heavy (non-hydrogen) atoms. The molecule has 0 unspecified atom stereocenters. The topological polar surface area (TPSA) is 269 Å².